The SMILES string of the molecule is COc1ccc(C(=O)Nc2ccn(CC(=O)O)n2)nn1. The van der Waals surface area contributed by atoms with Gasteiger partial charge >= 0.3 is 5.97 Å². The molecule has 2 aromatic rings. The molecule has 20 heavy (non-hydrogen) atoms. The van der Waals surface area contributed by atoms with Crippen LogP contribution in [0, 0.1) is 0 Å². The van der Waals surface area contributed by atoms with Gasteiger partial charge in [0, 0.05) is 18.3 Å². The Kier molecular flexibility index (Phi) is 3.89. The van der Waals surface area contributed by atoms with Crippen molar-refractivity contribution < 1.29 is 19.4 Å². The van der Waals surface area contributed by atoms with Gasteiger partial charge in [-0.1, -0.05) is 0 Å². The number of carboxylic acid groups (broad SMARTS) is 1. The minimum absolute atomic E-state index is 0.0959. The summed E-state index contributed by atoms with van der Waals surface area (Å²) < 4.78 is 6.02. The first kappa shape index (κ1) is 13.5. The van der Waals surface area contributed by atoms with Gasteiger partial charge in [-0.2, -0.15) is 5.10 Å². The van der Waals surface area contributed by atoms with Crippen LogP contribution in [0.15, 0.2) is 24.4 Å². The fraction of sp³-hybridized carbons (Fsp3) is 0.182. The molecule has 0 spiro atoms. The lowest BCUT2D eigenvalue weighted by Gasteiger charge is -2.01. The number of amides is 1. The van der Waals surface area contributed by atoms with Gasteiger partial charge in [0.2, 0.25) is 5.88 Å². The van der Waals surface area contributed by atoms with E-state index in [2.05, 4.69) is 20.6 Å². The van der Waals surface area contributed by atoms with Crippen molar-refractivity contribution in [2.75, 3.05) is 12.4 Å². The van der Waals surface area contributed by atoms with Gasteiger partial charge in [-0.25, -0.2) is 0 Å². The molecule has 0 unspecified atom stereocenters. The van der Waals surface area contributed by atoms with Crippen molar-refractivity contribution in [1.82, 2.24) is 20.0 Å². The number of aromatic nitrogens is 4. The number of carbonyl (C=O) groups excluding carboxylic acids is 1. The van der Waals surface area contributed by atoms with Crippen LogP contribution < -0.4 is 10.1 Å². The van der Waals surface area contributed by atoms with Crippen LogP contribution in [-0.4, -0.2) is 44.1 Å². The van der Waals surface area contributed by atoms with Crippen LogP contribution in [0.25, 0.3) is 0 Å². The van der Waals surface area contributed by atoms with Crippen molar-refractivity contribution in [1.29, 1.82) is 0 Å². The Morgan fingerprint density at radius 2 is 2.15 bits per heavy atom. The summed E-state index contributed by atoms with van der Waals surface area (Å²) in [5, 5.41) is 22.3. The number of ether oxygens (including phenoxy) is 1. The molecular weight excluding hydrogens is 266 g/mol. The largest absolute Gasteiger partial charge is 0.480 e. The Balaban J connectivity index is 2.03. The van der Waals surface area contributed by atoms with Crippen molar-refractivity contribution in [2.45, 2.75) is 6.54 Å². The summed E-state index contributed by atoms with van der Waals surface area (Å²) in [6, 6.07) is 4.44. The quantitative estimate of drug-likeness (QED) is 0.790. The molecule has 2 aromatic heterocycles. The summed E-state index contributed by atoms with van der Waals surface area (Å²) >= 11 is 0. The number of nitrogens with zero attached hydrogens (tertiary/aromatic N) is 4. The van der Waals surface area contributed by atoms with E-state index in [1.807, 2.05) is 0 Å². The summed E-state index contributed by atoms with van der Waals surface area (Å²) in [6.07, 6.45) is 1.45. The molecule has 9 heteroatoms. The van der Waals surface area contributed by atoms with Crippen molar-refractivity contribution >= 4 is 17.7 Å². The molecular formula is C11H11N5O4. The van der Waals surface area contributed by atoms with Crippen LogP contribution in [0.3, 0.4) is 0 Å². The highest BCUT2D eigenvalue weighted by Crippen LogP contribution is 2.07. The lowest BCUT2D eigenvalue weighted by molar-refractivity contribution is -0.137. The van der Waals surface area contributed by atoms with E-state index < -0.39 is 11.9 Å². The molecule has 9 nitrogen and oxygen atoms in total. The first-order chi connectivity index (χ1) is 9.58. The number of carboxylic acids is 1. The Morgan fingerprint density at radius 1 is 1.35 bits per heavy atom. The van der Waals surface area contributed by atoms with Crippen molar-refractivity contribution in [2.24, 2.45) is 0 Å². The zero-order valence-corrected chi connectivity index (χ0v) is 10.5. The maximum atomic E-state index is 11.8. The highest BCUT2D eigenvalue weighted by atomic mass is 16.5. The predicted octanol–water partition coefficient (Wildman–Crippen LogP) is 0.0186. The Hall–Kier alpha value is -2.97. The lowest BCUT2D eigenvalue weighted by atomic mass is 10.3. The van der Waals surface area contributed by atoms with E-state index >= 15 is 0 Å². The van der Waals surface area contributed by atoms with E-state index in [4.69, 9.17) is 9.84 Å². The molecule has 0 saturated heterocycles. The first-order valence-electron chi connectivity index (χ1n) is 5.53. The molecule has 0 aromatic carbocycles. The molecule has 0 atom stereocenters. The van der Waals surface area contributed by atoms with Gasteiger partial charge in [0.15, 0.2) is 11.5 Å². The van der Waals surface area contributed by atoms with Crippen LogP contribution in [0.5, 0.6) is 5.88 Å². The first-order valence-corrected chi connectivity index (χ1v) is 5.53. The maximum Gasteiger partial charge on any atom is 0.325 e. The van der Waals surface area contributed by atoms with Crippen LogP contribution in [0.2, 0.25) is 0 Å². The fourth-order valence-corrected chi connectivity index (χ4v) is 1.39. The van der Waals surface area contributed by atoms with Gasteiger partial charge in [-0.3, -0.25) is 14.3 Å². The van der Waals surface area contributed by atoms with Crippen LogP contribution >= 0.6 is 0 Å². The highest BCUT2D eigenvalue weighted by molar-refractivity contribution is 6.02. The topological polar surface area (TPSA) is 119 Å². The average molecular weight is 277 g/mol. The number of aliphatic carboxylic acids is 1. The summed E-state index contributed by atoms with van der Waals surface area (Å²) in [5.74, 6) is -0.992. The number of methoxy groups -OCH3 is 1. The number of rotatable bonds is 5. The second-order valence-electron chi connectivity index (χ2n) is 3.71. The standard InChI is InChI=1S/C11H11N5O4/c1-20-9-3-2-7(13-14-9)11(19)12-8-4-5-16(15-8)6-10(17)18/h2-5H,6H2,1H3,(H,17,18)(H,12,15,19). The number of carbonyl (C=O) groups is 2. The minimum atomic E-state index is -1.02. The molecule has 104 valence electrons. The Labute approximate surface area is 113 Å². The zero-order valence-electron chi connectivity index (χ0n) is 10.5. The number of anilines is 1. The molecule has 0 aliphatic heterocycles. The third-order valence-electron chi connectivity index (χ3n) is 2.26. The summed E-state index contributed by atoms with van der Waals surface area (Å²) in [7, 11) is 1.44. The van der Waals surface area contributed by atoms with E-state index in [9.17, 15) is 9.59 Å². The summed E-state index contributed by atoms with van der Waals surface area (Å²) in [4.78, 5) is 22.3. The molecule has 2 N–H and O–H groups in total. The van der Waals surface area contributed by atoms with Crippen LogP contribution in [0.4, 0.5) is 5.82 Å². The van der Waals surface area contributed by atoms with E-state index in [-0.39, 0.29) is 18.1 Å². The van der Waals surface area contributed by atoms with Gasteiger partial charge in [0.25, 0.3) is 5.91 Å². The van der Waals surface area contributed by atoms with E-state index in [1.165, 1.54) is 36.2 Å². The van der Waals surface area contributed by atoms with Gasteiger partial charge < -0.3 is 15.2 Å². The second kappa shape index (κ2) is 5.78. The molecule has 0 radical (unpaired) electrons. The molecule has 2 rings (SSSR count). The molecule has 0 fully saturated rings. The molecule has 0 saturated carbocycles. The highest BCUT2D eigenvalue weighted by Gasteiger charge is 2.11. The van der Waals surface area contributed by atoms with Gasteiger partial charge in [-0.05, 0) is 6.07 Å². The van der Waals surface area contributed by atoms with E-state index in [1.54, 1.807) is 0 Å². The van der Waals surface area contributed by atoms with Gasteiger partial charge in [-0.15, -0.1) is 10.2 Å². The fourth-order valence-electron chi connectivity index (χ4n) is 1.39. The van der Waals surface area contributed by atoms with Gasteiger partial charge in [0.1, 0.15) is 6.54 Å². The number of hydrogen-bond donors (Lipinski definition) is 2. The second-order valence-corrected chi connectivity index (χ2v) is 3.71. The van der Waals surface area contributed by atoms with E-state index in [0.29, 0.717) is 5.88 Å². The minimum Gasteiger partial charge on any atom is -0.480 e. The third-order valence-corrected chi connectivity index (χ3v) is 2.26. The molecule has 0 bridgehead atoms. The zero-order chi connectivity index (χ0) is 14.5. The Bertz CT molecular complexity index is 622. The summed E-state index contributed by atoms with van der Waals surface area (Å²) in [6.45, 7) is -0.280. The van der Waals surface area contributed by atoms with E-state index in [0.717, 1.165) is 0 Å². The maximum absolute atomic E-state index is 11.8. The molecule has 0 aliphatic rings. The predicted molar refractivity (Wildman–Crippen MR) is 66.4 cm³/mol. The van der Waals surface area contributed by atoms with Gasteiger partial charge in [0.05, 0.1) is 7.11 Å². The molecule has 1 amide bonds. The summed E-state index contributed by atoms with van der Waals surface area (Å²) in [5.41, 5.74) is 0.0959. The number of hydrogen-bond acceptors (Lipinski definition) is 6. The third kappa shape index (κ3) is 3.28. The smallest absolute Gasteiger partial charge is 0.325 e. The molecule has 0 aliphatic carbocycles. The van der Waals surface area contributed by atoms with Crippen LogP contribution in [0.1, 0.15) is 10.5 Å². The number of nitrogens with one attached hydrogen (secondary N) is 1. The Morgan fingerprint density at radius 3 is 2.75 bits per heavy atom. The average Bonchev–Trinajstić information content (AvgIpc) is 2.85. The lowest BCUT2D eigenvalue weighted by Crippen LogP contribution is -2.15. The monoisotopic (exact) mass is 277 g/mol. The van der Waals surface area contributed by atoms with Crippen molar-refractivity contribution in [3.05, 3.63) is 30.1 Å². The van der Waals surface area contributed by atoms with Crippen LogP contribution in [-0.2, 0) is 11.3 Å². The molecule has 2 heterocycles. The van der Waals surface area contributed by atoms with Crippen molar-refractivity contribution in [3.8, 4) is 5.88 Å². The normalized spacial score (nSPS) is 10.1. The van der Waals surface area contributed by atoms with Crippen molar-refractivity contribution in [3.63, 3.8) is 0 Å².